The zero-order valence-electron chi connectivity index (χ0n) is 26.3. The van der Waals surface area contributed by atoms with E-state index in [0.717, 1.165) is 29.6 Å². The van der Waals surface area contributed by atoms with E-state index < -0.39 is 34.0 Å². The number of alkyl halides is 3. The van der Waals surface area contributed by atoms with Gasteiger partial charge in [-0.05, 0) is 49.5 Å². The van der Waals surface area contributed by atoms with Gasteiger partial charge in [-0.3, -0.25) is 4.68 Å². The second-order valence-electron chi connectivity index (χ2n) is 12.2. The lowest BCUT2D eigenvalue weighted by Crippen LogP contribution is -2.40. The lowest BCUT2D eigenvalue weighted by Gasteiger charge is -2.33. The Morgan fingerprint density at radius 2 is 1.85 bits per heavy atom. The number of sulfonamides is 1. The second kappa shape index (κ2) is 13.0. The highest BCUT2D eigenvalue weighted by atomic mass is 32.2. The molecule has 5 heterocycles. The van der Waals surface area contributed by atoms with Crippen LogP contribution < -0.4 is 9.57 Å². The van der Waals surface area contributed by atoms with Gasteiger partial charge in [0.05, 0.1) is 48.2 Å². The molecule has 1 N–H and O–H groups in total. The number of halogens is 3. The van der Waals surface area contributed by atoms with Crippen LogP contribution in [0.25, 0.3) is 22.2 Å². The highest BCUT2D eigenvalue weighted by Crippen LogP contribution is 2.36. The number of carbonyl (C=O) groups excluding carboxylic acids is 1. The Balaban J connectivity index is 1.16. The quantitative estimate of drug-likeness (QED) is 0.167. The second-order valence-corrected chi connectivity index (χ2v) is 14.1. The molecule has 0 aliphatic carbocycles. The van der Waals surface area contributed by atoms with E-state index in [1.54, 1.807) is 16.9 Å². The van der Waals surface area contributed by atoms with Crippen LogP contribution in [-0.4, -0.2) is 89.0 Å². The summed E-state index contributed by atoms with van der Waals surface area (Å²) >= 11 is 0. The number of ether oxygens (including phenoxy) is 1. The minimum absolute atomic E-state index is 0.0293. The van der Waals surface area contributed by atoms with Crippen molar-refractivity contribution in [2.75, 3.05) is 39.5 Å². The first kappa shape index (κ1) is 33.7. The number of piperidine rings is 1. The Hall–Kier alpha value is -4.19. The molecule has 1 unspecified atom stereocenters. The smallest absolute Gasteiger partial charge is 0.533 e. The maximum Gasteiger partial charge on any atom is 0.533 e. The first-order valence-electron chi connectivity index (χ1n) is 15.3. The zero-order chi connectivity index (χ0) is 34.4. The third kappa shape index (κ3) is 6.99. The predicted octanol–water partition coefficient (Wildman–Crippen LogP) is 2.91. The van der Waals surface area contributed by atoms with Gasteiger partial charge in [-0.25, -0.2) is 13.2 Å². The maximum absolute atomic E-state index is 13.2. The number of β-amino-alcohol motifs (C(OH)–C–C–N with tert-alkyl or cyclic N) is 1. The number of nitrogens with zero attached hydrogens (tertiary/aromatic N) is 6. The van der Waals surface area contributed by atoms with Crippen molar-refractivity contribution in [3.8, 4) is 11.3 Å². The van der Waals surface area contributed by atoms with Crippen molar-refractivity contribution < 1.29 is 45.8 Å². The molecule has 1 fully saturated rings. The minimum atomic E-state index is -4.50. The van der Waals surface area contributed by atoms with E-state index in [2.05, 4.69) is 14.7 Å². The number of hydrogen-bond donors (Lipinski definition) is 1. The minimum Gasteiger partial charge on any atom is -0.619 e. The highest BCUT2D eigenvalue weighted by Gasteiger charge is 2.33. The molecule has 6 rings (SSSR count). The van der Waals surface area contributed by atoms with Gasteiger partial charge in [0.1, 0.15) is 0 Å². The molecule has 2 aliphatic rings. The molecular formula is C31H35F3N6O7S. The van der Waals surface area contributed by atoms with E-state index in [9.17, 15) is 36.7 Å². The summed E-state index contributed by atoms with van der Waals surface area (Å²) < 4.78 is 73.8. The highest BCUT2D eigenvalue weighted by molar-refractivity contribution is 7.88. The number of carbonyl (C=O) groups is 1. The summed E-state index contributed by atoms with van der Waals surface area (Å²) in [6.45, 7) is 1.99. The summed E-state index contributed by atoms with van der Waals surface area (Å²) in [7, 11) is -2.32. The molecule has 0 bridgehead atoms. The van der Waals surface area contributed by atoms with Crippen LogP contribution in [0, 0.1) is 5.21 Å². The number of likely N-dealkylation sites (tertiary alicyclic amines) is 1. The largest absolute Gasteiger partial charge is 0.619 e. The van der Waals surface area contributed by atoms with E-state index in [-0.39, 0.29) is 25.6 Å². The number of pyridine rings is 1. The molecule has 3 aromatic heterocycles. The maximum atomic E-state index is 13.2. The Morgan fingerprint density at radius 3 is 2.50 bits per heavy atom. The standard InChI is InChI=1S/C31H35F3N6O7S/c1-46-30(42)47-40-19-24(25-17-37(43)13-9-28(25)40)20-7-11-36(12-8-20)15-23(41)16-39-27-10-14-38(48(2,44)45)18-26(27)29(35-39)21-3-5-22(6-4-21)31(32,33)34/h3-6,9,13,17,19-20,23,41H,7-8,10-12,14-16,18H2,1-2H3. The summed E-state index contributed by atoms with van der Waals surface area (Å²) in [5, 5.41) is 28.6. The summed E-state index contributed by atoms with van der Waals surface area (Å²) in [6.07, 6.45) is 1.11. The van der Waals surface area contributed by atoms with Crippen molar-refractivity contribution in [3.63, 3.8) is 0 Å². The SMILES string of the molecule is COC(=O)On1cc(C2CCN(CC(O)Cn3nc(-c4ccc(C(F)(F)F)cc4)c4c3CCN(S(C)(=O)=O)C4)CC2)c2c[n+]([O-])ccc21. The molecule has 17 heteroatoms. The number of benzene rings is 1. The molecule has 2 aliphatic heterocycles. The van der Waals surface area contributed by atoms with Gasteiger partial charge in [-0.1, -0.05) is 12.1 Å². The molecule has 1 saturated heterocycles. The average Bonchev–Trinajstić information content (AvgIpc) is 3.57. The Morgan fingerprint density at radius 1 is 1.15 bits per heavy atom. The first-order valence-corrected chi connectivity index (χ1v) is 17.2. The van der Waals surface area contributed by atoms with Crippen molar-refractivity contribution in [3.05, 3.63) is 76.5 Å². The van der Waals surface area contributed by atoms with Crippen molar-refractivity contribution in [2.24, 2.45) is 0 Å². The molecule has 1 atom stereocenters. The molecule has 0 amide bonds. The van der Waals surface area contributed by atoms with Crippen molar-refractivity contribution in [2.45, 2.75) is 50.6 Å². The van der Waals surface area contributed by atoms with Gasteiger partial charge in [-0.15, -0.1) is 0 Å². The van der Waals surface area contributed by atoms with Gasteiger partial charge >= 0.3 is 12.3 Å². The van der Waals surface area contributed by atoms with Crippen LogP contribution in [0.2, 0.25) is 0 Å². The van der Waals surface area contributed by atoms with Gasteiger partial charge < -0.3 is 24.8 Å². The molecule has 0 saturated carbocycles. The van der Waals surface area contributed by atoms with Crippen LogP contribution in [-0.2, 0) is 40.4 Å². The van der Waals surface area contributed by atoms with Gasteiger partial charge in [0.2, 0.25) is 10.0 Å². The number of fused-ring (bicyclic) bond motifs is 2. The Labute approximate surface area is 274 Å². The van der Waals surface area contributed by atoms with Crippen LogP contribution in [0.3, 0.4) is 0 Å². The monoisotopic (exact) mass is 692 g/mol. The fourth-order valence-electron chi connectivity index (χ4n) is 6.60. The molecule has 1 aromatic carbocycles. The molecule has 13 nitrogen and oxygen atoms in total. The van der Waals surface area contributed by atoms with Crippen molar-refractivity contribution >= 4 is 27.1 Å². The molecule has 48 heavy (non-hydrogen) atoms. The topological polar surface area (TPSA) is 146 Å². The van der Waals surface area contributed by atoms with Crippen LogP contribution in [0.4, 0.5) is 18.0 Å². The van der Waals surface area contributed by atoms with Gasteiger partial charge in [0.15, 0.2) is 12.4 Å². The van der Waals surface area contributed by atoms with E-state index in [4.69, 9.17) is 4.84 Å². The lowest BCUT2D eigenvalue weighted by atomic mass is 9.89. The van der Waals surface area contributed by atoms with Gasteiger partial charge in [-0.2, -0.15) is 32.0 Å². The predicted molar refractivity (Wildman–Crippen MR) is 166 cm³/mol. The van der Waals surface area contributed by atoms with Crippen molar-refractivity contribution in [1.29, 1.82) is 0 Å². The lowest BCUT2D eigenvalue weighted by molar-refractivity contribution is -0.603. The molecule has 4 aromatic rings. The molecule has 0 spiro atoms. The fourth-order valence-corrected chi connectivity index (χ4v) is 7.39. The summed E-state index contributed by atoms with van der Waals surface area (Å²) in [4.78, 5) is 19.1. The van der Waals surface area contributed by atoms with E-state index >= 15 is 0 Å². The normalized spacial score (nSPS) is 17.4. The number of rotatable bonds is 8. The first-order chi connectivity index (χ1) is 22.7. The van der Waals surface area contributed by atoms with Crippen molar-refractivity contribution in [1.82, 2.24) is 23.7 Å². The van der Waals surface area contributed by atoms with E-state index in [1.807, 2.05) is 0 Å². The Bertz CT molecular complexity index is 1920. The average molecular weight is 693 g/mol. The number of aliphatic hydroxyl groups excluding tert-OH is 1. The number of hydrogen-bond acceptors (Lipinski definition) is 9. The molecule has 258 valence electrons. The summed E-state index contributed by atoms with van der Waals surface area (Å²) in [5.74, 6) is 0.0630. The zero-order valence-corrected chi connectivity index (χ0v) is 27.1. The third-order valence-corrected chi connectivity index (χ3v) is 10.2. The van der Waals surface area contributed by atoms with Crippen LogP contribution in [0.1, 0.15) is 41.1 Å². The third-order valence-electron chi connectivity index (χ3n) is 8.99. The number of methoxy groups -OCH3 is 1. The van der Waals surface area contributed by atoms with Crippen LogP contribution in [0.5, 0.6) is 0 Å². The van der Waals surface area contributed by atoms with Gasteiger partial charge in [0.25, 0.3) is 0 Å². The fraction of sp³-hybridized carbons (Fsp3) is 0.452. The number of aromatic nitrogens is 4. The van der Waals surface area contributed by atoms with E-state index in [1.165, 1.54) is 40.7 Å². The van der Waals surface area contributed by atoms with Crippen LogP contribution >= 0.6 is 0 Å². The van der Waals surface area contributed by atoms with E-state index in [0.29, 0.717) is 71.4 Å². The summed E-state index contributed by atoms with van der Waals surface area (Å²) in [5.41, 5.74) is 2.77. The van der Waals surface area contributed by atoms with Crippen LogP contribution in [0.15, 0.2) is 48.9 Å². The van der Waals surface area contributed by atoms with Gasteiger partial charge in [0, 0.05) is 55.1 Å². The molecule has 0 radical (unpaired) electrons. The number of aliphatic hydroxyl groups is 1. The molecular weight excluding hydrogens is 657 g/mol. The Kier molecular flexibility index (Phi) is 9.14. The summed E-state index contributed by atoms with van der Waals surface area (Å²) in [6, 6.07) is 6.16.